The van der Waals surface area contributed by atoms with E-state index in [1.54, 1.807) is 10.9 Å². The first-order chi connectivity index (χ1) is 13.0. The maximum absolute atomic E-state index is 12.5. The molecule has 0 radical (unpaired) electrons. The fourth-order valence-electron chi connectivity index (χ4n) is 3.63. The van der Waals surface area contributed by atoms with Gasteiger partial charge in [-0.05, 0) is 55.7 Å². The number of rotatable bonds is 6. The summed E-state index contributed by atoms with van der Waals surface area (Å²) in [7, 11) is 1.38. The van der Waals surface area contributed by atoms with Gasteiger partial charge in [0.2, 0.25) is 5.91 Å². The van der Waals surface area contributed by atoms with Gasteiger partial charge in [0.25, 0.3) is 0 Å². The molecule has 0 aliphatic heterocycles. The number of benzene rings is 1. The Morgan fingerprint density at radius 3 is 2.63 bits per heavy atom. The lowest BCUT2D eigenvalue weighted by Crippen LogP contribution is -2.56. The molecule has 0 spiro atoms. The van der Waals surface area contributed by atoms with Gasteiger partial charge < -0.3 is 10.1 Å². The molecule has 1 amide bonds. The third-order valence-electron chi connectivity index (χ3n) is 5.38. The molecular weight excluding hydrogens is 342 g/mol. The zero-order chi connectivity index (χ0) is 19.3. The van der Waals surface area contributed by atoms with E-state index in [2.05, 4.69) is 17.3 Å². The second-order valence-electron chi connectivity index (χ2n) is 7.43. The van der Waals surface area contributed by atoms with Crippen LogP contribution >= 0.6 is 0 Å². The standard InChI is InChI=1S/C21H27N3O3/c1-16-10-12-21(13-11-16,20(26)27-2)23-19(25)9-8-17-14-22-24(15-17)18-6-4-3-5-7-18/h3-7,14-16H,8-13H2,1-2H3,(H,23,25). The molecule has 0 unspecified atom stereocenters. The van der Waals surface area contributed by atoms with E-state index in [4.69, 9.17) is 4.74 Å². The number of nitrogens with one attached hydrogen (secondary N) is 1. The van der Waals surface area contributed by atoms with E-state index in [1.165, 1.54) is 7.11 Å². The molecule has 1 saturated carbocycles. The van der Waals surface area contributed by atoms with Gasteiger partial charge in [-0.3, -0.25) is 4.79 Å². The van der Waals surface area contributed by atoms with Crippen molar-refractivity contribution in [2.45, 2.75) is 51.0 Å². The number of ether oxygens (including phenoxy) is 1. The van der Waals surface area contributed by atoms with Gasteiger partial charge in [-0.2, -0.15) is 5.10 Å². The van der Waals surface area contributed by atoms with E-state index in [0.29, 0.717) is 31.6 Å². The largest absolute Gasteiger partial charge is 0.467 e. The van der Waals surface area contributed by atoms with E-state index in [1.807, 2.05) is 36.5 Å². The highest BCUT2D eigenvalue weighted by Crippen LogP contribution is 2.33. The predicted molar refractivity (Wildman–Crippen MR) is 102 cm³/mol. The van der Waals surface area contributed by atoms with Crippen molar-refractivity contribution in [2.75, 3.05) is 7.11 Å². The molecule has 1 fully saturated rings. The van der Waals surface area contributed by atoms with Crippen molar-refractivity contribution in [3.8, 4) is 5.69 Å². The van der Waals surface area contributed by atoms with Gasteiger partial charge in [-0.15, -0.1) is 0 Å². The zero-order valence-electron chi connectivity index (χ0n) is 16.0. The summed E-state index contributed by atoms with van der Waals surface area (Å²) in [5, 5.41) is 7.33. The molecule has 0 bridgehead atoms. The minimum Gasteiger partial charge on any atom is -0.467 e. The lowest BCUT2D eigenvalue weighted by Gasteiger charge is -2.37. The van der Waals surface area contributed by atoms with Gasteiger partial charge in [0.15, 0.2) is 0 Å². The maximum atomic E-state index is 12.5. The Morgan fingerprint density at radius 2 is 1.96 bits per heavy atom. The van der Waals surface area contributed by atoms with Crippen LogP contribution in [0.3, 0.4) is 0 Å². The van der Waals surface area contributed by atoms with Gasteiger partial charge in [0.05, 0.1) is 19.0 Å². The van der Waals surface area contributed by atoms with Crippen LogP contribution in [-0.2, 0) is 20.7 Å². The van der Waals surface area contributed by atoms with Crippen molar-refractivity contribution < 1.29 is 14.3 Å². The number of methoxy groups -OCH3 is 1. The second-order valence-corrected chi connectivity index (χ2v) is 7.43. The van der Waals surface area contributed by atoms with Gasteiger partial charge in [0.1, 0.15) is 5.54 Å². The molecule has 3 rings (SSSR count). The third kappa shape index (κ3) is 4.56. The van der Waals surface area contributed by atoms with Crippen molar-refractivity contribution >= 4 is 11.9 Å². The molecule has 1 aromatic carbocycles. The Labute approximate surface area is 159 Å². The molecule has 6 nitrogen and oxygen atoms in total. The van der Waals surface area contributed by atoms with Crippen LogP contribution in [0.25, 0.3) is 5.69 Å². The highest BCUT2D eigenvalue weighted by Gasteiger charge is 2.43. The smallest absolute Gasteiger partial charge is 0.331 e. The Balaban J connectivity index is 1.59. The van der Waals surface area contributed by atoms with Crippen LogP contribution in [0.1, 0.15) is 44.6 Å². The molecule has 1 aliphatic carbocycles. The number of carbonyl (C=O) groups excluding carboxylic acids is 2. The van der Waals surface area contributed by atoms with E-state index in [9.17, 15) is 9.59 Å². The molecule has 1 N–H and O–H groups in total. The number of carbonyl (C=O) groups is 2. The summed E-state index contributed by atoms with van der Waals surface area (Å²) < 4.78 is 6.77. The first kappa shape index (κ1) is 19.1. The maximum Gasteiger partial charge on any atom is 0.331 e. The van der Waals surface area contributed by atoms with Gasteiger partial charge in [-0.25, -0.2) is 9.48 Å². The normalized spacial score (nSPS) is 22.2. The number of nitrogens with zero attached hydrogens (tertiary/aromatic N) is 2. The van der Waals surface area contributed by atoms with Crippen molar-refractivity contribution in [1.29, 1.82) is 0 Å². The SMILES string of the molecule is COC(=O)C1(NC(=O)CCc2cnn(-c3ccccc3)c2)CCC(C)CC1. The number of aryl methyl sites for hydroxylation is 1. The Bertz CT molecular complexity index is 777. The Kier molecular flexibility index (Phi) is 5.94. The average Bonchev–Trinajstić information content (AvgIpc) is 3.17. The van der Waals surface area contributed by atoms with Crippen LogP contribution < -0.4 is 5.32 Å². The average molecular weight is 369 g/mol. The quantitative estimate of drug-likeness (QED) is 0.795. The number of hydrogen-bond donors (Lipinski definition) is 1. The third-order valence-corrected chi connectivity index (χ3v) is 5.38. The van der Waals surface area contributed by atoms with Crippen LogP contribution in [0, 0.1) is 5.92 Å². The number of aromatic nitrogens is 2. The molecule has 2 aromatic rings. The molecule has 6 heteroatoms. The van der Waals surface area contributed by atoms with Crippen LogP contribution in [0.15, 0.2) is 42.7 Å². The lowest BCUT2D eigenvalue weighted by atomic mass is 9.77. The monoisotopic (exact) mass is 369 g/mol. The predicted octanol–water partition coefficient (Wildman–Crippen LogP) is 3.04. The summed E-state index contributed by atoms with van der Waals surface area (Å²) in [6, 6.07) is 9.84. The first-order valence-corrected chi connectivity index (χ1v) is 9.51. The van der Waals surface area contributed by atoms with Crippen LogP contribution in [0.5, 0.6) is 0 Å². The summed E-state index contributed by atoms with van der Waals surface area (Å²) in [5.41, 5.74) is 1.10. The topological polar surface area (TPSA) is 73.2 Å². The van der Waals surface area contributed by atoms with Gasteiger partial charge >= 0.3 is 5.97 Å². The lowest BCUT2D eigenvalue weighted by molar-refractivity contribution is -0.153. The van der Waals surface area contributed by atoms with E-state index >= 15 is 0 Å². The highest BCUT2D eigenvalue weighted by atomic mass is 16.5. The van der Waals surface area contributed by atoms with Crippen molar-refractivity contribution in [3.63, 3.8) is 0 Å². The van der Waals surface area contributed by atoms with Crippen molar-refractivity contribution in [2.24, 2.45) is 5.92 Å². The first-order valence-electron chi connectivity index (χ1n) is 9.51. The minimum absolute atomic E-state index is 0.123. The number of amides is 1. The van der Waals surface area contributed by atoms with Gasteiger partial charge in [-0.1, -0.05) is 25.1 Å². The molecule has 1 heterocycles. The number of para-hydroxylation sites is 1. The summed E-state index contributed by atoms with van der Waals surface area (Å²) in [4.78, 5) is 24.8. The van der Waals surface area contributed by atoms with Crippen molar-refractivity contribution in [1.82, 2.24) is 15.1 Å². The Hall–Kier alpha value is -2.63. The minimum atomic E-state index is -0.868. The molecule has 1 aliphatic rings. The van der Waals surface area contributed by atoms with Crippen LogP contribution in [0.4, 0.5) is 0 Å². The number of hydrogen-bond acceptors (Lipinski definition) is 4. The number of esters is 1. The van der Waals surface area contributed by atoms with Crippen LogP contribution in [-0.4, -0.2) is 34.3 Å². The van der Waals surface area contributed by atoms with Crippen LogP contribution in [0.2, 0.25) is 0 Å². The second kappa shape index (κ2) is 8.37. The molecule has 27 heavy (non-hydrogen) atoms. The summed E-state index contributed by atoms with van der Waals surface area (Å²) >= 11 is 0. The van der Waals surface area contributed by atoms with E-state index in [0.717, 1.165) is 24.1 Å². The van der Waals surface area contributed by atoms with Gasteiger partial charge in [0, 0.05) is 12.6 Å². The molecule has 0 saturated heterocycles. The van der Waals surface area contributed by atoms with E-state index in [-0.39, 0.29) is 11.9 Å². The summed E-state index contributed by atoms with van der Waals surface area (Å²) in [5.74, 6) is 0.116. The highest BCUT2D eigenvalue weighted by molar-refractivity contribution is 5.88. The molecular formula is C21H27N3O3. The Morgan fingerprint density at radius 1 is 1.26 bits per heavy atom. The van der Waals surface area contributed by atoms with E-state index < -0.39 is 5.54 Å². The molecule has 0 atom stereocenters. The molecule has 1 aromatic heterocycles. The molecule has 144 valence electrons. The summed E-state index contributed by atoms with van der Waals surface area (Å²) in [6.45, 7) is 2.17. The fraction of sp³-hybridized carbons (Fsp3) is 0.476. The van der Waals surface area contributed by atoms with Crippen molar-refractivity contribution in [3.05, 3.63) is 48.3 Å². The fourth-order valence-corrected chi connectivity index (χ4v) is 3.63. The summed E-state index contributed by atoms with van der Waals surface area (Å²) in [6.07, 6.45) is 7.70. The zero-order valence-corrected chi connectivity index (χ0v) is 16.0.